The fraction of sp³-hybridized carbons (Fsp3) is 0.381. The van der Waals surface area contributed by atoms with Crippen molar-refractivity contribution in [3.05, 3.63) is 59.7 Å². The summed E-state index contributed by atoms with van der Waals surface area (Å²) in [5.74, 6) is 0.673. The predicted octanol–water partition coefficient (Wildman–Crippen LogP) is 3.23. The molecule has 1 amide bonds. The zero-order chi connectivity index (χ0) is 20.6. The Labute approximate surface area is 167 Å². The average Bonchev–Trinajstić information content (AvgIpc) is 2.69. The van der Waals surface area contributed by atoms with Crippen LogP contribution in [0.5, 0.6) is 5.75 Å². The van der Waals surface area contributed by atoms with E-state index < -0.39 is 10.0 Å². The lowest BCUT2D eigenvalue weighted by molar-refractivity contribution is 0.0953. The average molecular weight is 405 g/mol. The van der Waals surface area contributed by atoms with Crippen LogP contribution in [0.25, 0.3) is 0 Å². The van der Waals surface area contributed by atoms with Crippen LogP contribution in [0, 0.1) is 0 Å². The van der Waals surface area contributed by atoms with Gasteiger partial charge in [0, 0.05) is 19.2 Å². The van der Waals surface area contributed by atoms with Crippen LogP contribution in [0.15, 0.2) is 48.5 Å². The number of ether oxygens (including phenoxy) is 1. The van der Waals surface area contributed by atoms with Crippen molar-refractivity contribution in [1.29, 1.82) is 0 Å². The van der Waals surface area contributed by atoms with E-state index in [1.165, 1.54) is 7.05 Å². The van der Waals surface area contributed by atoms with Crippen molar-refractivity contribution in [3.8, 4) is 5.75 Å². The van der Waals surface area contributed by atoms with Crippen LogP contribution >= 0.6 is 0 Å². The van der Waals surface area contributed by atoms with Gasteiger partial charge in [-0.25, -0.2) is 8.42 Å². The van der Waals surface area contributed by atoms with E-state index in [0.717, 1.165) is 41.1 Å². The third-order valence-electron chi connectivity index (χ3n) is 4.31. The number of carbonyl (C=O) groups is 1. The van der Waals surface area contributed by atoms with E-state index in [1.807, 2.05) is 24.3 Å². The van der Waals surface area contributed by atoms with Crippen molar-refractivity contribution in [2.45, 2.75) is 26.2 Å². The molecule has 6 nitrogen and oxygen atoms in total. The minimum absolute atomic E-state index is 0.223. The smallest absolute Gasteiger partial charge is 0.251 e. The van der Waals surface area contributed by atoms with Crippen LogP contribution < -0.4 is 14.4 Å². The summed E-state index contributed by atoms with van der Waals surface area (Å²) >= 11 is 0. The Hall–Kier alpha value is -2.54. The number of anilines is 1. The summed E-state index contributed by atoms with van der Waals surface area (Å²) in [5.41, 5.74) is 2.01. The molecule has 7 heteroatoms. The summed E-state index contributed by atoms with van der Waals surface area (Å²) in [6, 6.07) is 14.5. The number of carbonyl (C=O) groups excluding carboxylic acids is 1. The molecular formula is C21H28N2O4S. The number of aryl methyl sites for hydroxylation is 1. The molecule has 0 unspecified atom stereocenters. The van der Waals surface area contributed by atoms with Gasteiger partial charge in [0.05, 0.1) is 18.6 Å². The molecule has 0 aromatic heterocycles. The topological polar surface area (TPSA) is 75.7 Å². The third kappa shape index (κ3) is 6.27. The van der Waals surface area contributed by atoms with Gasteiger partial charge in [0.25, 0.3) is 5.91 Å². The first-order valence-electron chi connectivity index (χ1n) is 9.35. The molecule has 0 aliphatic carbocycles. The SMILES string of the molecule is CCCOc1ccccc1CCCNC(=O)c1cccc(N(C)S(C)(=O)=O)c1. The molecule has 2 aromatic rings. The Morgan fingerprint density at radius 1 is 1.14 bits per heavy atom. The fourth-order valence-electron chi connectivity index (χ4n) is 2.68. The Morgan fingerprint density at radius 2 is 1.89 bits per heavy atom. The normalized spacial score (nSPS) is 11.1. The maximum absolute atomic E-state index is 12.4. The first kappa shape index (κ1) is 21.8. The van der Waals surface area contributed by atoms with Crippen LogP contribution in [0.2, 0.25) is 0 Å². The number of benzene rings is 2. The van der Waals surface area contributed by atoms with Gasteiger partial charge < -0.3 is 10.1 Å². The van der Waals surface area contributed by atoms with E-state index in [0.29, 0.717) is 24.4 Å². The summed E-state index contributed by atoms with van der Waals surface area (Å²) in [4.78, 5) is 12.4. The molecular weight excluding hydrogens is 376 g/mol. The molecule has 28 heavy (non-hydrogen) atoms. The van der Waals surface area contributed by atoms with Crippen molar-refractivity contribution in [2.24, 2.45) is 0 Å². The van der Waals surface area contributed by atoms with E-state index in [2.05, 4.69) is 12.2 Å². The highest BCUT2D eigenvalue weighted by Crippen LogP contribution is 2.20. The van der Waals surface area contributed by atoms with Gasteiger partial charge in [-0.15, -0.1) is 0 Å². The standard InChI is InChI=1S/C21H28N2O4S/c1-4-15-27-20-13-6-5-9-17(20)11-8-14-22-21(24)18-10-7-12-19(16-18)23(2)28(3,25)26/h5-7,9-10,12-13,16H,4,8,11,14-15H2,1-3H3,(H,22,24). The van der Waals surface area contributed by atoms with Gasteiger partial charge in [-0.2, -0.15) is 0 Å². The number of nitrogens with one attached hydrogen (secondary N) is 1. The molecule has 0 saturated carbocycles. The third-order valence-corrected chi connectivity index (χ3v) is 5.52. The molecule has 0 radical (unpaired) electrons. The zero-order valence-corrected chi connectivity index (χ0v) is 17.5. The van der Waals surface area contributed by atoms with E-state index >= 15 is 0 Å². The van der Waals surface area contributed by atoms with E-state index in [4.69, 9.17) is 4.74 Å². The largest absolute Gasteiger partial charge is 0.493 e. The number of hydrogen-bond acceptors (Lipinski definition) is 4. The first-order chi connectivity index (χ1) is 13.3. The number of para-hydroxylation sites is 1. The molecule has 0 bridgehead atoms. The lowest BCUT2D eigenvalue weighted by atomic mass is 10.1. The number of nitrogens with zero attached hydrogens (tertiary/aromatic N) is 1. The molecule has 0 spiro atoms. The molecule has 0 aliphatic rings. The Bertz CT molecular complexity index is 897. The molecule has 2 rings (SSSR count). The summed E-state index contributed by atoms with van der Waals surface area (Å²) in [6.07, 6.45) is 3.66. The molecule has 0 heterocycles. The van der Waals surface area contributed by atoms with Crippen molar-refractivity contribution in [2.75, 3.05) is 30.8 Å². The maximum atomic E-state index is 12.4. The second kappa shape index (κ2) is 10.1. The summed E-state index contributed by atoms with van der Waals surface area (Å²) in [5, 5.41) is 2.89. The molecule has 2 aromatic carbocycles. The predicted molar refractivity (Wildman–Crippen MR) is 113 cm³/mol. The molecule has 0 aliphatic heterocycles. The van der Waals surface area contributed by atoms with E-state index in [9.17, 15) is 13.2 Å². The van der Waals surface area contributed by atoms with Crippen LogP contribution in [0.4, 0.5) is 5.69 Å². The van der Waals surface area contributed by atoms with Crippen molar-refractivity contribution >= 4 is 21.6 Å². The molecule has 0 saturated heterocycles. The van der Waals surface area contributed by atoms with Gasteiger partial charge in [-0.3, -0.25) is 9.10 Å². The lowest BCUT2D eigenvalue weighted by Gasteiger charge is -2.17. The highest BCUT2D eigenvalue weighted by atomic mass is 32.2. The minimum Gasteiger partial charge on any atom is -0.493 e. The highest BCUT2D eigenvalue weighted by Gasteiger charge is 2.14. The Balaban J connectivity index is 1.90. The van der Waals surface area contributed by atoms with Gasteiger partial charge in [0.15, 0.2) is 0 Å². The molecule has 1 N–H and O–H groups in total. The van der Waals surface area contributed by atoms with Gasteiger partial charge in [-0.05, 0) is 49.1 Å². The second-order valence-corrected chi connectivity index (χ2v) is 8.61. The minimum atomic E-state index is -3.37. The Morgan fingerprint density at radius 3 is 2.61 bits per heavy atom. The van der Waals surface area contributed by atoms with Crippen LogP contribution in [0.3, 0.4) is 0 Å². The van der Waals surface area contributed by atoms with Gasteiger partial charge in [0.2, 0.25) is 10.0 Å². The zero-order valence-electron chi connectivity index (χ0n) is 16.6. The van der Waals surface area contributed by atoms with E-state index in [-0.39, 0.29) is 5.91 Å². The van der Waals surface area contributed by atoms with Crippen molar-refractivity contribution in [3.63, 3.8) is 0 Å². The summed E-state index contributed by atoms with van der Waals surface area (Å²) in [6.45, 7) is 3.28. The first-order valence-corrected chi connectivity index (χ1v) is 11.2. The van der Waals surface area contributed by atoms with Crippen molar-refractivity contribution in [1.82, 2.24) is 5.32 Å². The fourth-order valence-corrected chi connectivity index (χ4v) is 3.18. The quantitative estimate of drug-likeness (QED) is 0.617. The van der Waals surface area contributed by atoms with Crippen molar-refractivity contribution < 1.29 is 17.9 Å². The highest BCUT2D eigenvalue weighted by molar-refractivity contribution is 7.92. The number of hydrogen-bond donors (Lipinski definition) is 1. The second-order valence-electron chi connectivity index (χ2n) is 6.60. The van der Waals surface area contributed by atoms with Crippen LogP contribution in [0.1, 0.15) is 35.7 Å². The van der Waals surface area contributed by atoms with Gasteiger partial charge in [0.1, 0.15) is 5.75 Å². The van der Waals surface area contributed by atoms with Crippen LogP contribution in [-0.2, 0) is 16.4 Å². The number of amides is 1. The maximum Gasteiger partial charge on any atom is 0.251 e. The lowest BCUT2D eigenvalue weighted by Crippen LogP contribution is -2.27. The monoisotopic (exact) mass is 404 g/mol. The van der Waals surface area contributed by atoms with Crippen LogP contribution in [-0.4, -0.2) is 40.8 Å². The molecule has 0 atom stereocenters. The van der Waals surface area contributed by atoms with Gasteiger partial charge in [-0.1, -0.05) is 31.2 Å². The number of sulfonamides is 1. The summed E-state index contributed by atoms with van der Waals surface area (Å²) in [7, 11) is -1.91. The molecule has 152 valence electrons. The number of rotatable bonds is 10. The summed E-state index contributed by atoms with van der Waals surface area (Å²) < 4.78 is 30.2. The van der Waals surface area contributed by atoms with Gasteiger partial charge >= 0.3 is 0 Å². The molecule has 0 fully saturated rings. The Kier molecular flexibility index (Phi) is 7.87. The van der Waals surface area contributed by atoms with E-state index in [1.54, 1.807) is 24.3 Å².